The quantitative estimate of drug-likeness (QED) is 0.255. The van der Waals surface area contributed by atoms with Gasteiger partial charge in [-0.05, 0) is 61.1 Å². The number of amides is 2. The fourth-order valence-corrected chi connectivity index (χ4v) is 4.74. The van der Waals surface area contributed by atoms with Gasteiger partial charge in [-0.15, -0.1) is 5.10 Å². The van der Waals surface area contributed by atoms with Gasteiger partial charge in [0, 0.05) is 13.1 Å². The molecular weight excluding hydrogens is 518 g/mol. The van der Waals surface area contributed by atoms with Crippen LogP contribution in [-0.2, 0) is 22.6 Å². The minimum atomic E-state index is -0.815. The van der Waals surface area contributed by atoms with E-state index < -0.39 is 6.04 Å². The molecule has 4 aromatic rings. The zero-order valence-electron chi connectivity index (χ0n) is 24.5. The molecule has 0 aliphatic heterocycles. The summed E-state index contributed by atoms with van der Waals surface area (Å²) in [6.45, 7) is 7.02. The van der Waals surface area contributed by atoms with E-state index in [-0.39, 0.29) is 18.4 Å². The minimum absolute atomic E-state index is 0.0475. The van der Waals surface area contributed by atoms with Crippen molar-refractivity contribution >= 4 is 22.8 Å². The number of aryl methyl sites for hydroxylation is 1. The zero-order valence-corrected chi connectivity index (χ0v) is 24.5. The lowest BCUT2D eigenvalue weighted by Gasteiger charge is -2.32. The number of methoxy groups -OCH3 is 2. The monoisotopic (exact) mass is 557 g/mol. The molecule has 0 radical (unpaired) electrons. The smallest absolute Gasteiger partial charge is 0.247 e. The van der Waals surface area contributed by atoms with Crippen LogP contribution in [-0.4, -0.2) is 59.0 Å². The van der Waals surface area contributed by atoms with Crippen LogP contribution in [0, 0.1) is 12.8 Å². The highest BCUT2D eigenvalue weighted by molar-refractivity contribution is 5.89. The molecule has 0 unspecified atom stereocenters. The average Bonchev–Trinajstić information content (AvgIpc) is 3.38. The zero-order chi connectivity index (χ0) is 29.4. The van der Waals surface area contributed by atoms with Gasteiger partial charge in [-0.1, -0.05) is 67.1 Å². The van der Waals surface area contributed by atoms with E-state index in [4.69, 9.17) is 9.47 Å². The van der Waals surface area contributed by atoms with E-state index in [9.17, 15) is 9.59 Å². The van der Waals surface area contributed by atoms with Gasteiger partial charge in [0.2, 0.25) is 11.8 Å². The van der Waals surface area contributed by atoms with Crippen LogP contribution in [0.1, 0.15) is 43.0 Å². The lowest BCUT2D eigenvalue weighted by molar-refractivity contribution is -0.141. The minimum Gasteiger partial charge on any atom is -0.493 e. The number of ether oxygens (including phenoxy) is 2. The molecule has 9 heteroatoms. The van der Waals surface area contributed by atoms with Crippen molar-refractivity contribution in [1.82, 2.24) is 25.2 Å². The van der Waals surface area contributed by atoms with E-state index in [1.54, 1.807) is 23.8 Å². The number of rotatable bonds is 13. The number of hydrogen-bond donors (Lipinski definition) is 1. The molecule has 9 nitrogen and oxygen atoms in total. The highest BCUT2D eigenvalue weighted by atomic mass is 16.5. The molecule has 3 aromatic carbocycles. The summed E-state index contributed by atoms with van der Waals surface area (Å²) in [5.74, 6) is 1.24. The van der Waals surface area contributed by atoms with Gasteiger partial charge in [0.15, 0.2) is 11.5 Å². The summed E-state index contributed by atoms with van der Waals surface area (Å²) < 4.78 is 12.5. The molecule has 0 aliphatic rings. The van der Waals surface area contributed by atoms with E-state index >= 15 is 0 Å². The number of aromatic nitrogens is 3. The van der Waals surface area contributed by atoms with Crippen molar-refractivity contribution in [2.24, 2.45) is 5.92 Å². The van der Waals surface area contributed by atoms with Crippen molar-refractivity contribution in [1.29, 1.82) is 0 Å². The molecule has 0 bridgehead atoms. The molecule has 1 N–H and O–H groups in total. The Balaban J connectivity index is 1.69. The number of nitrogens with one attached hydrogen (secondary N) is 1. The van der Waals surface area contributed by atoms with E-state index in [0.29, 0.717) is 42.4 Å². The second kappa shape index (κ2) is 13.8. The summed E-state index contributed by atoms with van der Waals surface area (Å²) in [4.78, 5) is 29.5. The molecule has 0 aliphatic carbocycles. The van der Waals surface area contributed by atoms with Gasteiger partial charge in [-0.2, -0.15) is 0 Å². The van der Waals surface area contributed by atoms with Gasteiger partial charge in [-0.25, -0.2) is 4.68 Å². The van der Waals surface area contributed by atoms with Crippen molar-refractivity contribution in [2.75, 3.05) is 27.3 Å². The lowest BCUT2D eigenvalue weighted by Crippen LogP contribution is -2.46. The first-order valence-corrected chi connectivity index (χ1v) is 13.9. The topological polar surface area (TPSA) is 98.6 Å². The number of carbonyl (C=O) groups is 2. The first kappa shape index (κ1) is 29.6. The van der Waals surface area contributed by atoms with Crippen molar-refractivity contribution in [3.63, 3.8) is 0 Å². The third-order valence-corrected chi connectivity index (χ3v) is 7.09. The Bertz CT molecular complexity index is 1460. The van der Waals surface area contributed by atoms with Crippen LogP contribution in [0.15, 0.2) is 66.7 Å². The maximum absolute atomic E-state index is 14.1. The summed E-state index contributed by atoms with van der Waals surface area (Å²) in [6, 6.07) is 20.1. The van der Waals surface area contributed by atoms with Crippen LogP contribution in [0.5, 0.6) is 11.5 Å². The summed E-state index contributed by atoms with van der Waals surface area (Å²) in [5, 5.41) is 11.5. The van der Waals surface area contributed by atoms with Crippen LogP contribution < -0.4 is 14.8 Å². The Kier molecular flexibility index (Phi) is 9.95. The maximum atomic E-state index is 14.1. The van der Waals surface area contributed by atoms with E-state index in [0.717, 1.165) is 28.6 Å². The number of benzene rings is 3. The van der Waals surface area contributed by atoms with Gasteiger partial charge >= 0.3 is 0 Å². The Labute approximate surface area is 241 Å². The fraction of sp³-hybridized carbons (Fsp3) is 0.375. The highest BCUT2D eigenvalue weighted by Crippen LogP contribution is 2.29. The molecule has 41 heavy (non-hydrogen) atoms. The fourth-order valence-electron chi connectivity index (χ4n) is 4.74. The largest absolute Gasteiger partial charge is 0.493 e. The maximum Gasteiger partial charge on any atom is 0.247 e. The van der Waals surface area contributed by atoms with Gasteiger partial charge in [-0.3, -0.25) is 9.59 Å². The average molecular weight is 558 g/mol. The van der Waals surface area contributed by atoms with Crippen molar-refractivity contribution < 1.29 is 19.1 Å². The van der Waals surface area contributed by atoms with Gasteiger partial charge in [0.1, 0.15) is 18.1 Å². The summed E-state index contributed by atoms with van der Waals surface area (Å²) in [7, 11) is 3.19. The molecule has 0 spiro atoms. The second-order valence-corrected chi connectivity index (χ2v) is 10.5. The van der Waals surface area contributed by atoms with E-state index in [1.165, 1.54) is 0 Å². The van der Waals surface area contributed by atoms with Crippen LogP contribution >= 0.6 is 0 Å². The normalized spacial score (nSPS) is 11.9. The van der Waals surface area contributed by atoms with Gasteiger partial charge in [0.25, 0.3) is 0 Å². The van der Waals surface area contributed by atoms with E-state index in [2.05, 4.69) is 29.5 Å². The van der Waals surface area contributed by atoms with Crippen LogP contribution in [0.25, 0.3) is 11.0 Å². The Morgan fingerprint density at radius 2 is 1.71 bits per heavy atom. The molecule has 4 rings (SSSR count). The summed E-state index contributed by atoms with van der Waals surface area (Å²) >= 11 is 0. The number of nitrogens with zero attached hydrogens (tertiary/aromatic N) is 4. The first-order valence-electron chi connectivity index (χ1n) is 13.9. The number of hydrogen-bond acceptors (Lipinski definition) is 6. The molecule has 1 atom stereocenters. The summed E-state index contributed by atoms with van der Waals surface area (Å²) in [5.41, 5.74) is 4.24. The number of fused-ring (bicyclic) bond motifs is 1. The molecule has 0 fully saturated rings. The molecule has 2 amide bonds. The second-order valence-electron chi connectivity index (χ2n) is 10.5. The highest BCUT2D eigenvalue weighted by Gasteiger charge is 2.32. The number of carbonyl (C=O) groups excluding carboxylic acids is 2. The van der Waals surface area contributed by atoms with Crippen LogP contribution in [0.4, 0.5) is 0 Å². The lowest BCUT2D eigenvalue weighted by atomic mass is 10.0. The van der Waals surface area contributed by atoms with Gasteiger partial charge < -0.3 is 19.7 Å². The van der Waals surface area contributed by atoms with E-state index in [1.807, 2.05) is 73.7 Å². The third-order valence-electron chi connectivity index (χ3n) is 7.09. The third kappa shape index (κ3) is 7.42. The van der Waals surface area contributed by atoms with Crippen LogP contribution in [0.3, 0.4) is 0 Å². The summed E-state index contributed by atoms with van der Waals surface area (Å²) in [6.07, 6.45) is 1.35. The van der Waals surface area contributed by atoms with Crippen LogP contribution in [0.2, 0.25) is 0 Å². The molecular formula is C32H39N5O4. The van der Waals surface area contributed by atoms with Gasteiger partial charge in [0.05, 0.1) is 19.7 Å². The Morgan fingerprint density at radius 1 is 0.976 bits per heavy atom. The Hall–Kier alpha value is -4.40. The SMILES string of the molecule is COc1ccc(CCN(C(=O)Cn2nnc3ccccc32)[C@H](C(=O)NCCC(C)C)c2ccc(C)cc2)cc1OC. The van der Waals surface area contributed by atoms with Crippen molar-refractivity contribution in [3.05, 3.63) is 83.4 Å². The Morgan fingerprint density at radius 3 is 2.41 bits per heavy atom. The standard InChI is InChI=1S/C32H39N5O4/c1-22(2)16-18-33-32(39)31(25-13-10-23(3)11-14-25)36(19-17-24-12-15-28(40-4)29(20-24)41-5)30(38)21-37-27-9-7-6-8-26(27)34-35-37/h6-15,20,22,31H,16-19,21H2,1-5H3,(H,33,39)/t31-/m0/s1. The van der Waals surface area contributed by atoms with Crippen molar-refractivity contribution in [3.8, 4) is 11.5 Å². The molecule has 0 saturated heterocycles. The number of para-hydroxylation sites is 1. The predicted octanol–water partition coefficient (Wildman–Crippen LogP) is 4.73. The molecule has 1 aromatic heterocycles. The molecule has 0 saturated carbocycles. The predicted molar refractivity (Wildman–Crippen MR) is 159 cm³/mol. The molecule has 216 valence electrons. The molecule has 1 heterocycles. The first-order chi connectivity index (χ1) is 19.8. The van der Waals surface area contributed by atoms with Crippen molar-refractivity contribution in [2.45, 2.75) is 46.2 Å².